The van der Waals surface area contributed by atoms with Crippen LogP contribution in [0.5, 0.6) is 0 Å². The van der Waals surface area contributed by atoms with Gasteiger partial charge in [0.1, 0.15) is 5.01 Å². The van der Waals surface area contributed by atoms with Crippen molar-refractivity contribution < 1.29 is 4.79 Å². The molecule has 0 atom stereocenters. The van der Waals surface area contributed by atoms with E-state index >= 15 is 0 Å². The Bertz CT molecular complexity index is 662. The van der Waals surface area contributed by atoms with Gasteiger partial charge in [0.05, 0.1) is 0 Å². The van der Waals surface area contributed by atoms with E-state index < -0.39 is 0 Å². The minimum absolute atomic E-state index is 0.0135. The number of aromatic nitrogens is 2. The molecular weight excluding hydrogens is 296 g/mol. The zero-order chi connectivity index (χ0) is 15.5. The first-order valence-corrected chi connectivity index (χ1v) is 8.36. The van der Waals surface area contributed by atoms with Crippen LogP contribution in [0.1, 0.15) is 33.2 Å². The van der Waals surface area contributed by atoms with E-state index in [1.54, 1.807) is 0 Å². The molecule has 1 aliphatic rings. The summed E-state index contributed by atoms with van der Waals surface area (Å²) in [6, 6.07) is 8.82. The third kappa shape index (κ3) is 3.44. The number of benzene rings is 1. The first-order valence-electron chi connectivity index (χ1n) is 7.54. The predicted molar refractivity (Wildman–Crippen MR) is 88.4 cm³/mol. The van der Waals surface area contributed by atoms with Gasteiger partial charge < -0.3 is 10.2 Å². The van der Waals surface area contributed by atoms with Gasteiger partial charge >= 0.3 is 0 Å². The van der Waals surface area contributed by atoms with E-state index in [0.29, 0.717) is 11.0 Å². The van der Waals surface area contributed by atoms with Crippen molar-refractivity contribution in [1.82, 2.24) is 15.1 Å². The Morgan fingerprint density at radius 3 is 2.68 bits per heavy atom. The van der Waals surface area contributed by atoms with Crippen LogP contribution < -0.4 is 5.32 Å². The Labute approximate surface area is 134 Å². The lowest BCUT2D eigenvalue weighted by Gasteiger charge is -2.32. The van der Waals surface area contributed by atoms with E-state index in [2.05, 4.69) is 46.7 Å². The van der Waals surface area contributed by atoms with Crippen LogP contribution in [0, 0.1) is 13.8 Å². The number of rotatable bonds is 3. The smallest absolute Gasteiger partial charge is 0.284 e. The van der Waals surface area contributed by atoms with Gasteiger partial charge in [0.2, 0.25) is 5.01 Å². The third-order valence-electron chi connectivity index (χ3n) is 3.88. The Kier molecular flexibility index (Phi) is 4.38. The van der Waals surface area contributed by atoms with Gasteiger partial charge in [-0.3, -0.25) is 4.79 Å². The number of hydrogen-bond acceptors (Lipinski definition) is 5. The van der Waals surface area contributed by atoms with Crippen LogP contribution in [-0.4, -0.2) is 40.1 Å². The number of likely N-dealkylation sites (tertiary alicyclic amines) is 1. The standard InChI is InChI=1S/C16H20N4OS/c1-11-4-3-5-14(10-11)17-13-6-8-20(9-7-13)16(21)15-19-18-12(2)22-15/h3-5,10,13,17H,6-9H2,1-2H3. The number of anilines is 1. The van der Waals surface area contributed by atoms with Gasteiger partial charge in [-0.1, -0.05) is 23.5 Å². The van der Waals surface area contributed by atoms with E-state index in [9.17, 15) is 4.79 Å². The molecule has 1 fully saturated rings. The monoisotopic (exact) mass is 316 g/mol. The first-order chi connectivity index (χ1) is 10.6. The van der Waals surface area contributed by atoms with Crippen LogP contribution in [0.2, 0.25) is 0 Å². The van der Waals surface area contributed by atoms with Crippen molar-refractivity contribution in [2.24, 2.45) is 0 Å². The van der Waals surface area contributed by atoms with Gasteiger partial charge in [-0.05, 0) is 44.4 Å². The molecular formula is C16H20N4OS. The van der Waals surface area contributed by atoms with Crippen molar-refractivity contribution in [3.63, 3.8) is 0 Å². The minimum Gasteiger partial charge on any atom is -0.382 e. The number of carbonyl (C=O) groups excluding carboxylic acids is 1. The lowest BCUT2D eigenvalue weighted by atomic mass is 10.0. The molecule has 2 heterocycles. The number of amides is 1. The molecule has 5 nitrogen and oxygen atoms in total. The summed E-state index contributed by atoms with van der Waals surface area (Å²) in [6.45, 7) is 5.49. The fraction of sp³-hybridized carbons (Fsp3) is 0.438. The fourth-order valence-electron chi connectivity index (χ4n) is 2.72. The minimum atomic E-state index is 0.0135. The number of nitrogens with zero attached hydrogens (tertiary/aromatic N) is 3. The number of hydrogen-bond donors (Lipinski definition) is 1. The quantitative estimate of drug-likeness (QED) is 0.946. The summed E-state index contributed by atoms with van der Waals surface area (Å²) in [5.41, 5.74) is 2.41. The van der Waals surface area contributed by atoms with Crippen molar-refractivity contribution >= 4 is 22.9 Å². The van der Waals surface area contributed by atoms with Crippen LogP contribution in [-0.2, 0) is 0 Å². The normalized spacial score (nSPS) is 15.8. The Balaban J connectivity index is 1.55. The molecule has 2 aromatic rings. The van der Waals surface area contributed by atoms with E-state index in [0.717, 1.165) is 36.6 Å². The van der Waals surface area contributed by atoms with Crippen LogP contribution in [0.15, 0.2) is 24.3 Å². The van der Waals surface area contributed by atoms with Gasteiger partial charge in [-0.15, -0.1) is 10.2 Å². The Morgan fingerprint density at radius 2 is 2.05 bits per heavy atom. The molecule has 0 saturated carbocycles. The fourth-order valence-corrected chi connectivity index (χ4v) is 3.38. The molecule has 0 aliphatic carbocycles. The summed E-state index contributed by atoms with van der Waals surface area (Å²) < 4.78 is 0. The molecule has 1 N–H and O–H groups in total. The molecule has 0 radical (unpaired) electrons. The maximum Gasteiger partial charge on any atom is 0.284 e. The van der Waals surface area contributed by atoms with E-state index in [1.165, 1.54) is 16.9 Å². The summed E-state index contributed by atoms with van der Waals surface area (Å²) in [6.07, 6.45) is 1.91. The molecule has 1 aromatic carbocycles. The van der Waals surface area contributed by atoms with Gasteiger partial charge in [0.15, 0.2) is 0 Å². The highest BCUT2D eigenvalue weighted by molar-refractivity contribution is 7.13. The average Bonchev–Trinajstić information content (AvgIpc) is 2.94. The second kappa shape index (κ2) is 6.44. The lowest BCUT2D eigenvalue weighted by Crippen LogP contribution is -2.42. The summed E-state index contributed by atoms with van der Waals surface area (Å²) in [5, 5.41) is 12.8. The molecule has 22 heavy (non-hydrogen) atoms. The predicted octanol–water partition coefficient (Wildman–Crippen LogP) is 2.87. The van der Waals surface area contributed by atoms with Crippen LogP contribution in [0.25, 0.3) is 0 Å². The summed E-state index contributed by atoms with van der Waals surface area (Å²) in [7, 11) is 0. The summed E-state index contributed by atoms with van der Waals surface area (Å²) in [4.78, 5) is 14.2. The van der Waals surface area contributed by atoms with Crippen LogP contribution in [0.4, 0.5) is 5.69 Å². The summed E-state index contributed by atoms with van der Waals surface area (Å²) >= 11 is 1.37. The van der Waals surface area contributed by atoms with Crippen molar-refractivity contribution in [2.75, 3.05) is 18.4 Å². The molecule has 1 saturated heterocycles. The molecule has 0 unspecified atom stereocenters. The summed E-state index contributed by atoms with van der Waals surface area (Å²) in [5.74, 6) is 0.0135. The molecule has 6 heteroatoms. The van der Waals surface area contributed by atoms with E-state index in [-0.39, 0.29) is 5.91 Å². The number of nitrogens with one attached hydrogen (secondary N) is 1. The highest BCUT2D eigenvalue weighted by Gasteiger charge is 2.25. The largest absolute Gasteiger partial charge is 0.382 e. The molecule has 1 aliphatic heterocycles. The molecule has 1 amide bonds. The Morgan fingerprint density at radius 1 is 1.27 bits per heavy atom. The van der Waals surface area contributed by atoms with Gasteiger partial charge in [0.25, 0.3) is 5.91 Å². The molecule has 3 rings (SSSR count). The topological polar surface area (TPSA) is 58.1 Å². The van der Waals surface area contributed by atoms with Crippen LogP contribution >= 0.6 is 11.3 Å². The lowest BCUT2D eigenvalue weighted by molar-refractivity contribution is 0.0717. The van der Waals surface area contributed by atoms with Crippen molar-refractivity contribution in [1.29, 1.82) is 0 Å². The van der Waals surface area contributed by atoms with E-state index in [4.69, 9.17) is 0 Å². The SMILES string of the molecule is Cc1cccc(NC2CCN(C(=O)c3nnc(C)s3)CC2)c1. The molecule has 0 bridgehead atoms. The van der Waals surface area contributed by atoms with Gasteiger partial charge in [-0.25, -0.2) is 0 Å². The zero-order valence-electron chi connectivity index (χ0n) is 12.9. The van der Waals surface area contributed by atoms with E-state index in [1.807, 2.05) is 11.8 Å². The van der Waals surface area contributed by atoms with Gasteiger partial charge in [0, 0.05) is 24.8 Å². The second-order valence-corrected chi connectivity index (χ2v) is 6.89. The highest BCUT2D eigenvalue weighted by atomic mass is 32.1. The number of aryl methyl sites for hydroxylation is 2. The number of carbonyl (C=O) groups is 1. The van der Waals surface area contributed by atoms with Gasteiger partial charge in [-0.2, -0.15) is 0 Å². The van der Waals surface area contributed by atoms with Crippen molar-refractivity contribution in [3.05, 3.63) is 39.8 Å². The van der Waals surface area contributed by atoms with Crippen LogP contribution in [0.3, 0.4) is 0 Å². The average molecular weight is 316 g/mol. The third-order valence-corrected chi connectivity index (χ3v) is 4.71. The highest BCUT2D eigenvalue weighted by Crippen LogP contribution is 2.20. The second-order valence-electron chi connectivity index (χ2n) is 5.71. The molecule has 0 spiro atoms. The first kappa shape index (κ1) is 15.0. The van der Waals surface area contributed by atoms with Crippen molar-refractivity contribution in [3.8, 4) is 0 Å². The molecule has 1 aromatic heterocycles. The molecule has 116 valence electrons. The zero-order valence-corrected chi connectivity index (χ0v) is 13.7. The maximum absolute atomic E-state index is 12.3. The van der Waals surface area contributed by atoms with Crippen molar-refractivity contribution in [2.45, 2.75) is 32.7 Å². The maximum atomic E-state index is 12.3. The Hall–Kier alpha value is -1.95. The number of piperidine rings is 1.